The Morgan fingerprint density at radius 2 is 1.21 bits per heavy atom. The van der Waals surface area contributed by atoms with Crippen LogP contribution in [-0.2, 0) is 14.2 Å². The van der Waals surface area contributed by atoms with Crippen LogP contribution < -0.4 is 5.32 Å². The molecule has 0 aliphatic heterocycles. The van der Waals surface area contributed by atoms with Crippen molar-refractivity contribution in [2.45, 2.75) is 47.0 Å². The molecular formula is C15H35NO3. The van der Waals surface area contributed by atoms with Gasteiger partial charge < -0.3 is 19.5 Å². The van der Waals surface area contributed by atoms with Gasteiger partial charge in [0.05, 0.1) is 33.0 Å². The lowest BCUT2D eigenvalue weighted by atomic mass is 10.3. The van der Waals surface area contributed by atoms with E-state index in [1.54, 1.807) is 0 Å². The van der Waals surface area contributed by atoms with Crippen LogP contribution in [0.25, 0.3) is 0 Å². The Hall–Kier alpha value is -0.160. The molecule has 118 valence electrons. The summed E-state index contributed by atoms with van der Waals surface area (Å²) in [6, 6.07) is 0. The summed E-state index contributed by atoms with van der Waals surface area (Å²) in [5, 5.41) is 3.20. The third-order valence-electron chi connectivity index (χ3n) is 2.31. The average Bonchev–Trinajstić information content (AvgIpc) is 2.46. The number of rotatable bonds is 14. The maximum atomic E-state index is 5.42. The van der Waals surface area contributed by atoms with Gasteiger partial charge in [-0.25, -0.2) is 0 Å². The molecule has 0 aliphatic rings. The van der Waals surface area contributed by atoms with E-state index in [4.69, 9.17) is 14.2 Å². The van der Waals surface area contributed by atoms with Crippen molar-refractivity contribution in [2.75, 3.05) is 52.7 Å². The molecule has 0 amide bonds. The van der Waals surface area contributed by atoms with E-state index in [0.717, 1.165) is 32.7 Å². The second-order valence-corrected chi connectivity index (χ2v) is 3.90. The first-order valence-corrected chi connectivity index (χ1v) is 7.85. The molecule has 0 aromatic heterocycles. The molecular weight excluding hydrogens is 242 g/mol. The summed E-state index contributed by atoms with van der Waals surface area (Å²) in [5.41, 5.74) is 0. The Kier molecular flexibility index (Phi) is 25.6. The lowest BCUT2D eigenvalue weighted by Crippen LogP contribution is -2.20. The summed E-state index contributed by atoms with van der Waals surface area (Å²) in [5.74, 6) is 0. The van der Waals surface area contributed by atoms with E-state index in [0.29, 0.717) is 26.4 Å². The monoisotopic (exact) mass is 277 g/mol. The van der Waals surface area contributed by atoms with Gasteiger partial charge >= 0.3 is 0 Å². The summed E-state index contributed by atoms with van der Waals surface area (Å²) in [4.78, 5) is 0. The average molecular weight is 277 g/mol. The molecule has 0 radical (unpaired) electrons. The van der Waals surface area contributed by atoms with Gasteiger partial charge in [-0.2, -0.15) is 0 Å². The van der Waals surface area contributed by atoms with Crippen molar-refractivity contribution in [3.63, 3.8) is 0 Å². The number of nitrogens with one attached hydrogen (secondary N) is 1. The van der Waals surface area contributed by atoms with Gasteiger partial charge in [-0.1, -0.05) is 40.5 Å². The molecule has 0 fully saturated rings. The molecule has 0 spiro atoms. The van der Waals surface area contributed by atoms with E-state index in [-0.39, 0.29) is 0 Å². The van der Waals surface area contributed by atoms with Gasteiger partial charge in [0, 0.05) is 13.2 Å². The number of hydrogen-bond donors (Lipinski definition) is 1. The number of ether oxygens (including phenoxy) is 3. The fourth-order valence-corrected chi connectivity index (χ4v) is 1.32. The number of likely N-dealkylation sites (N-methyl/N-ethyl adjacent to an activating group) is 1. The zero-order valence-electron chi connectivity index (χ0n) is 13.5. The lowest BCUT2D eigenvalue weighted by molar-refractivity contribution is 0.0145. The van der Waals surface area contributed by atoms with Crippen LogP contribution in [0.2, 0.25) is 0 Å². The summed E-state index contributed by atoms with van der Waals surface area (Å²) in [6.07, 6.45) is 3.65. The highest BCUT2D eigenvalue weighted by atomic mass is 16.5. The zero-order chi connectivity index (χ0) is 14.6. The Labute approximate surface area is 120 Å². The fraction of sp³-hybridized carbons (Fsp3) is 1.00. The molecule has 4 heteroatoms. The Morgan fingerprint density at radius 1 is 0.684 bits per heavy atom. The second kappa shape index (κ2) is 23.0. The van der Waals surface area contributed by atoms with Gasteiger partial charge in [0.25, 0.3) is 0 Å². The van der Waals surface area contributed by atoms with Crippen LogP contribution in [0, 0.1) is 0 Å². The maximum Gasteiger partial charge on any atom is 0.0701 e. The minimum Gasteiger partial charge on any atom is -0.379 e. The third-order valence-corrected chi connectivity index (χ3v) is 2.31. The van der Waals surface area contributed by atoms with Crippen molar-refractivity contribution < 1.29 is 14.2 Å². The van der Waals surface area contributed by atoms with E-state index >= 15 is 0 Å². The molecule has 0 saturated heterocycles. The lowest BCUT2D eigenvalue weighted by Gasteiger charge is -2.06. The Bertz CT molecular complexity index is 121. The Morgan fingerprint density at radius 3 is 1.74 bits per heavy atom. The minimum atomic E-state index is 0.657. The number of hydrogen-bond acceptors (Lipinski definition) is 4. The zero-order valence-corrected chi connectivity index (χ0v) is 13.5. The topological polar surface area (TPSA) is 39.7 Å². The number of unbranched alkanes of at least 4 members (excludes halogenated alkanes) is 2. The first-order valence-electron chi connectivity index (χ1n) is 7.85. The van der Waals surface area contributed by atoms with Crippen molar-refractivity contribution in [2.24, 2.45) is 0 Å². The first kappa shape index (κ1) is 21.1. The third kappa shape index (κ3) is 23.4. The minimum absolute atomic E-state index is 0.657. The normalized spacial score (nSPS) is 10.1. The van der Waals surface area contributed by atoms with Gasteiger partial charge in [0.2, 0.25) is 0 Å². The molecule has 19 heavy (non-hydrogen) atoms. The molecule has 0 aromatic carbocycles. The first-order chi connectivity index (χ1) is 9.41. The molecule has 0 heterocycles. The van der Waals surface area contributed by atoms with Crippen LogP contribution in [0.1, 0.15) is 47.0 Å². The van der Waals surface area contributed by atoms with E-state index < -0.39 is 0 Å². The molecule has 0 aliphatic carbocycles. The quantitative estimate of drug-likeness (QED) is 0.496. The summed E-state index contributed by atoms with van der Waals surface area (Å²) >= 11 is 0. The van der Waals surface area contributed by atoms with Gasteiger partial charge in [0.1, 0.15) is 0 Å². The summed E-state index contributed by atoms with van der Waals surface area (Å²) < 4.78 is 16.2. The molecule has 0 aromatic rings. The highest BCUT2D eigenvalue weighted by molar-refractivity contribution is 4.40. The van der Waals surface area contributed by atoms with Crippen LogP contribution in [0.3, 0.4) is 0 Å². The predicted molar refractivity (Wildman–Crippen MR) is 81.9 cm³/mol. The maximum absolute atomic E-state index is 5.42. The van der Waals surface area contributed by atoms with E-state index in [1.807, 2.05) is 13.8 Å². The highest BCUT2D eigenvalue weighted by Gasteiger charge is 1.91. The van der Waals surface area contributed by atoms with Crippen molar-refractivity contribution in [1.82, 2.24) is 5.32 Å². The van der Waals surface area contributed by atoms with Gasteiger partial charge in [-0.3, -0.25) is 0 Å². The Balaban J connectivity index is 0. The highest BCUT2D eigenvalue weighted by Crippen LogP contribution is 1.93. The largest absolute Gasteiger partial charge is 0.379 e. The van der Waals surface area contributed by atoms with Crippen LogP contribution >= 0.6 is 0 Å². The van der Waals surface area contributed by atoms with E-state index in [2.05, 4.69) is 19.2 Å². The summed E-state index contributed by atoms with van der Waals surface area (Å²) in [6.45, 7) is 14.5. The van der Waals surface area contributed by atoms with Crippen LogP contribution in [0.4, 0.5) is 0 Å². The SMILES string of the molecule is CC.CCCCCOCCOCCOCCNCC. The standard InChI is InChI=1S/C13H29NO3.C2H6/c1-3-5-6-8-15-10-12-17-13-11-16-9-7-14-4-2;1-2/h14H,3-13H2,1-2H3;1-2H3. The smallest absolute Gasteiger partial charge is 0.0701 e. The van der Waals surface area contributed by atoms with Crippen molar-refractivity contribution >= 4 is 0 Å². The van der Waals surface area contributed by atoms with Crippen molar-refractivity contribution in [1.29, 1.82) is 0 Å². The second-order valence-electron chi connectivity index (χ2n) is 3.90. The predicted octanol–water partition coefficient (Wildman–Crippen LogP) is 2.86. The molecule has 4 nitrogen and oxygen atoms in total. The molecule has 0 saturated carbocycles. The van der Waals surface area contributed by atoms with Crippen LogP contribution in [0.5, 0.6) is 0 Å². The van der Waals surface area contributed by atoms with E-state index in [9.17, 15) is 0 Å². The van der Waals surface area contributed by atoms with Gasteiger partial charge in [-0.05, 0) is 13.0 Å². The molecule has 0 atom stereocenters. The molecule has 0 unspecified atom stereocenters. The fourth-order valence-electron chi connectivity index (χ4n) is 1.32. The van der Waals surface area contributed by atoms with Crippen LogP contribution in [-0.4, -0.2) is 52.7 Å². The van der Waals surface area contributed by atoms with Crippen LogP contribution in [0.15, 0.2) is 0 Å². The van der Waals surface area contributed by atoms with Crippen molar-refractivity contribution in [3.8, 4) is 0 Å². The van der Waals surface area contributed by atoms with Gasteiger partial charge in [0.15, 0.2) is 0 Å². The van der Waals surface area contributed by atoms with Crippen molar-refractivity contribution in [3.05, 3.63) is 0 Å². The summed E-state index contributed by atoms with van der Waals surface area (Å²) in [7, 11) is 0. The van der Waals surface area contributed by atoms with Gasteiger partial charge in [-0.15, -0.1) is 0 Å². The molecule has 1 N–H and O–H groups in total. The molecule has 0 rings (SSSR count). The molecule has 0 bridgehead atoms. The van der Waals surface area contributed by atoms with E-state index in [1.165, 1.54) is 12.8 Å².